The van der Waals surface area contributed by atoms with Gasteiger partial charge < -0.3 is 15.0 Å². The van der Waals surface area contributed by atoms with E-state index in [4.69, 9.17) is 9.88 Å². The lowest BCUT2D eigenvalue weighted by Gasteiger charge is -2.25. The van der Waals surface area contributed by atoms with Crippen LogP contribution in [0, 0.1) is 11.6 Å². The first-order valence-corrected chi connectivity index (χ1v) is 11.0. The number of methoxy groups -OCH3 is 1. The number of primary sulfonamides is 1. The Kier molecular flexibility index (Phi) is 5.53. The van der Waals surface area contributed by atoms with E-state index in [0.717, 1.165) is 0 Å². The van der Waals surface area contributed by atoms with Crippen molar-refractivity contribution < 1.29 is 26.7 Å². The molecule has 9 nitrogen and oxygen atoms in total. The smallest absolute Gasteiger partial charge is 0.241 e. The van der Waals surface area contributed by atoms with Crippen molar-refractivity contribution in [1.82, 2.24) is 15.3 Å². The normalized spacial score (nSPS) is 16.7. The van der Waals surface area contributed by atoms with Crippen LogP contribution in [-0.4, -0.2) is 37.9 Å². The highest BCUT2D eigenvalue weighted by Crippen LogP contribution is 2.36. The number of sulfonamides is 1. The van der Waals surface area contributed by atoms with Crippen LogP contribution in [0.4, 0.5) is 14.5 Å². The molecule has 1 amide bonds. The maximum Gasteiger partial charge on any atom is 0.241 e. The molecule has 0 aliphatic carbocycles. The molecule has 32 heavy (non-hydrogen) atoms. The third kappa shape index (κ3) is 3.87. The number of nitrogens with two attached hydrogens (primary N) is 1. The largest absolute Gasteiger partial charge is 0.481 e. The van der Waals surface area contributed by atoms with Gasteiger partial charge in [0.1, 0.15) is 11.6 Å². The molecule has 1 unspecified atom stereocenters. The zero-order valence-electron chi connectivity index (χ0n) is 17.1. The molecule has 1 aromatic carbocycles. The fourth-order valence-electron chi connectivity index (χ4n) is 3.58. The Bertz CT molecular complexity index is 1330. The molecule has 3 heterocycles. The minimum atomic E-state index is -4.30. The Morgan fingerprint density at radius 1 is 1.28 bits per heavy atom. The second kappa shape index (κ2) is 8.04. The summed E-state index contributed by atoms with van der Waals surface area (Å²) in [4.78, 5) is 22.1. The van der Waals surface area contributed by atoms with Gasteiger partial charge in [-0.15, -0.1) is 0 Å². The van der Waals surface area contributed by atoms with Crippen molar-refractivity contribution in [1.29, 1.82) is 0 Å². The first-order valence-electron chi connectivity index (χ1n) is 9.48. The van der Waals surface area contributed by atoms with E-state index in [0.29, 0.717) is 40.3 Å². The van der Waals surface area contributed by atoms with E-state index in [1.807, 2.05) is 6.92 Å². The summed E-state index contributed by atoms with van der Waals surface area (Å²) in [6.07, 6.45) is 1.55. The summed E-state index contributed by atoms with van der Waals surface area (Å²) >= 11 is 0. The van der Waals surface area contributed by atoms with Crippen LogP contribution in [0.2, 0.25) is 0 Å². The summed E-state index contributed by atoms with van der Waals surface area (Å²) < 4.78 is 57.6. The van der Waals surface area contributed by atoms with E-state index in [-0.39, 0.29) is 12.6 Å². The van der Waals surface area contributed by atoms with Gasteiger partial charge in [-0.2, -0.15) is 4.98 Å². The fourth-order valence-corrected chi connectivity index (χ4v) is 4.12. The average molecular weight is 463 g/mol. The van der Waals surface area contributed by atoms with Gasteiger partial charge in [0.2, 0.25) is 21.8 Å². The summed E-state index contributed by atoms with van der Waals surface area (Å²) in [6.45, 7) is 1.27. The molecule has 2 aromatic heterocycles. The van der Waals surface area contributed by atoms with Crippen LogP contribution in [0.5, 0.6) is 5.88 Å². The third-order valence-corrected chi connectivity index (χ3v) is 6.16. The van der Waals surface area contributed by atoms with Gasteiger partial charge in [0.15, 0.2) is 5.65 Å². The first-order chi connectivity index (χ1) is 15.1. The van der Waals surface area contributed by atoms with Gasteiger partial charge >= 0.3 is 0 Å². The second-order valence-electron chi connectivity index (χ2n) is 7.28. The number of halogens is 2. The Balaban J connectivity index is 1.89. The summed E-state index contributed by atoms with van der Waals surface area (Å²) in [5.41, 5.74) is 0.859. The lowest BCUT2D eigenvalue weighted by atomic mass is 10.0. The number of nitrogens with zero attached hydrogens (tertiary/aromatic N) is 3. The van der Waals surface area contributed by atoms with Crippen molar-refractivity contribution in [3.63, 3.8) is 0 Å². The van der Waals surface area contributed by atoms with Crippen LogP contribution < -0.4 is 20.1 Å². The third-order valence-electron chi connectivity index (χ3n) is 5.27. The highest BCUT2D eigenvalue weighted by atomic mass is 32.2. The van der Waals surface area contributed by atoms with Crippen molar-refractivity contribution in [3.05, 3.63) is 53.2 Å². The summed E-state index contributed by atoms with van der Waals surface area (Å²) in [5, 5.41) is 8.52. The highest BCUT2D eigenvalue weighted by Gasteiger charge is 2.30. The molecule has 0 bridgehead atoms. The van der Waals surface area contributed by atoms with Crippen LogP contribution >= 0.6 is 0 Å². The molecule has 1 aliphatic rings. The molecule has 12 heteroatoms. The average Bonchev–Trinajstić information content (AvgIpc) is 2.86. The predicted octanol–water partition coefficient (Wildman–Crippen LogP) is 1.76. The number of pyridine rings is 2. The minimum absolute atomic E-state index is 0.0839. The van der Waals surface area contributed by atoms with Gasteiger partial charge in [0, 0.05) is 34.8 Å². The monoisotopic (exact) mass is 463 g/mol. The summed E-state index contributed by atoms with van der Waals surface area (Å²) in [5.74, 6) is -2.38. The summed E-state index contributed by atoms with van der Waals surface area (Å²) in [6, 6.07) is 4.25. The van der Waals surface area contributed by atoms with E-state index in [1.165, 1.54) is 12.0 Å². The van der Waals surface area contributed by atoms with Crippen LogP contribution in [-0.2, 0) is 21.4 Å². The van der Waals surface area contributed by atoms with Gasteiger partial charge in [-0.1, -0.05) is 0 Å². The molecule has 0 saturated carbocycles. The number of anilines is 1. The number of amides is 1. The number of benzene rings is 1. The van der Waals surface area contributed by atoms with Gasteiger partial charge in [-0.3, -0.25) is 4.79 Å². The molecular formula is C20H19F2N5O4S. The number of hydrogen-bond acceptors (Lipinski definition) is 7. The van der Waals surface area contributed by atoms with Crippen LogP contribution in [0.25, 0.3) is 11.0 Å². The lowest BCUT2D eigenvalue weighted by Crippen LogP contribution is -2.36. The number of rotatable bonds is 4. The topological polar surface area (TPSA) is 128 Å². The second-order valence-corrected chi connectivity index (χ2v) is 8.84. The number of ether oxygens (including phenoxy) is 1. The molecule has 1 aliphatic heterocycles. The van der Waals surface area contributed by atoms with E-state index >= 15 is 0 Å². The zero-order valence-corrected chi connectivity index (χ0v) is 17.9. The number of nitrogens with one attached hydrogen (secondary N) is 1. The fraction of sp³-hybridized carbons (Fsp3) is 0.250. The number of aromatic nitrogens is 2. The molecule has 0 saturated heterocycles. The van der Waals surface area contributed by atoms with Crippen LogP contribution in [0.1, 0.15) is 24.1 Å². The zero-order chi connectivity index (χ0) is 23.2. The Labute approximate surface area is 182 Å². The van der Waals surface area contributed by atoms with E-state index in [2.05, 4.69) is 15.3 Å². The van der Waals surface area contributed by atoms with Gasteiger partial charge in [0.05, 0.1) is 30.8 Å². The maximum absolute atomic E-state index is 14.7. The number of hydrogen-bond donors (Lipinski definition) is 2. The predicted molar refractivity (Wildman–Crippen MR) is 111 cm³/mol. The first kappa shape index (κ1) is 22.0. The van der Waals surface area contributed by atoms with Gasteiger partial charge in [-0.05, 0) is 25.1 Å². The minimum Gasteiger partial charge on any atom is -0.481 e. The molecule has 3 aromatic rings. The SMILES string of the molecule is COc1ccc2c3c(cnc2n1)C(C)NCC(=O)N3Cc1c(F)cc(S(N)(=O)=O)cc1F. The molecular weight excluding hydrogens is 444 g/mol. The molecule has 0 spiro atoms. The van der Waals surface area contributed by atoms with E-state index < -0.39 is 44.6 Å². The quantitative estimate of drug-likeness (QED) is 0.604. The standard InChI is InChI=1S/C20H19F2N5O4S/c1-10-13-7-25-20-12(3-4-17(26-20)31-2)19(13)27(18(28)8-24-10)9-14-15(21)5-11(6-16(14)22)32(23,29)30/h3-7,10,24H,8-9H2,1-2H3,(H2,23,29,30). The number of carbonyl (C=O) groups excluding carboxylic acids is 1. The van der Waals surface area contributed by atoms with Gasteiger partial charge in [-0.25, -0.2) is 27.3 Å². The molecule has 1 atom stereocenters. The Hall–Kier alpha value is -3.22. The van der Waals surface area contributed by atoms with Crippen molar-refractivity contribution >= 4 is 32.7 Å². The number of carbonyl (C=O) groups is 1. The van der Waals surface area contributed by atoms with Crippen molar-refractivity contribution in [2.75, 3.05) is 18.6 Å². The van der Waals surface area contributed by atoms with Crippen molar-refractivity contribution in [2.45, 2.75) is 24.4 Å². The molecule has 168 valence electrons. The summed E-state index contributed by atoms with van der Waals surface area (Å²) in [7, 11) is -2.85. The molecule has 0 radical (unpaired) electrons. The van der Waals surface area contributed by atoms with Crippen LogP contribution in [0.3, 0.4) is 0 Å². The highest BCUT2D eigenvalue weighted by molar-refractivity contribution is 7.89. The van der Waals surface area contributed by atoms with Crippen molar-refractivity contribution in [2.24, 2.45) is 5.14 Å². The van der Waals surface area contributed by atoms with Crippen LogP contribution in [0.15, 0.2) is 35.4 Å². The van der Waals surface area contributed by atoms with E-state index in [9.17, 15) is 22.0 Å². The Morgan fingerprint density at radius 3 is 2.59 bits per heavy atom. The van der Waals surface area contributed by atoms with Crippen molar-refractivity contribution in [3.8, 4) is 5.88 Å². The number of fused-ring (bicyclic) bond motifs is 3. The Morgan fingerprint density at radius 2 is 1.97 bits per heavy atom. The lowest BCUT2D eigenvalue weighted by molar-refractivity contribution is -0.117. The van der Waals surface area contributed by atoms with E-state index in [1.54, 1.807) is 18.3 Å². The molecule has 4 rings (SSSR count). The molecule has 3 N–H and O–H groups in total. The molecule has 0 fully saturated rings. The maximum atomic E-state index is 14.7. The van der Waals surface area contributed by atoms with Gasteiger partial charge in [0.25, 0.3) is 0 Å².